The maximum Gasteiger partial charge on any atom is 0.191 e. The highest BCUT2D eigenvalue weighted by atomic mass is 28.4. The minimum atomic E-state index is -1.54. The summed E-state index contributed by atoms with van der Waals surface area (Å²) in [5, 5.41) is 0.326. The van der Waals surface area contributed by atoms with Crippen LogP contribution in [0, 0.1) is 0 Å². The third-order valence-corrected chi connectivity index (χ3v) is 9.14. The van der Waals surface area contributed by atoms with Gasteiger partial charge in [-0.3, -0.25) is 0 Å². The Morgan fingerprint density at radius 2 is 1.29 bits per heavy atom. The number of hydrogen-bond donors (Lipinski definition) is 0. The predicted molar refractivity (Wildman–Crippen MR) is 113 cm³/mol. The first kappa shape index (κ1) is 23.1. The second kappa shape index (κ2) is 13.4. The van der Waals surface area contributed by atoms with E-state index in [0.29, 0.717) is 5.04 Å². The van der Waals surface area contributed by atoms with Crippen molar-refractivity contribution in [2.24, 2.45) is 0 Å². The van der Waals surface area contributed by atoms with Crippen molar-refractivity contribution in [3.05, 3.63) is 48.6 Å². The van der Waals surface area contributed by atoms with Gasteiger partial charge in [0.25, 0.3) is 0 Å². The average Bonchev–Trinajstić information content (AvgIpc) is 2.50. The number of allylic oxidation sites excluding steroid dienone is 8. The van der Waals surface area contributed by atoms with Gasteiger partial charge in [-0.15, -0.1) is 0 Å². The van der Waals surface area contributed by atoms with Crippen LogP contribution in [0.4, 0.5) is 0 Å². The largest absolute Gasteiger partial charge is 0.417 e. The summed E-state index contributed by atoms with van der Waals surface area (Å²) in [6, 6.07) is 0. The number of unbranched alkanes of at least 4 members (excludes halogenated alkanes) is 4. The highest BCUT2D eigenvalue weighted by Gasteiger charge is 2.36. The number of hydrogen-bond acceptors (Lipinski definition) is 1. The van der Waals surface area contributed by atoms with E-state index in [1.54, 1.807) is 0 Å². The van der Waals surface area contributed by atoms with Crippen molar-refractivity contribution in [1.82, 2.24) is 0 Å². The van der Waals surface area contributed by atoms with Gasteiger partial charge in [0.15, 0.2) is 8.32 Å². The van der Waals surface area contributed by atoms with Crippen molar-refractivity contribution in [2.75, 3.05) is 6.61 Å². The van der Waals surface area contributed by atoms with Gasteiger partial charge >= 0.3 is 0 Å². The molecule has 2 heteroatoms. The molecule has 0 aromatic heterocycles. The number of rotatable bonds is 12. The Labute approximate surface area is 152 Å². The SMILES string of the molecule is CC\C=C/C=C/C=C\C=C\CCCCCCO[Si](C)(C)C(C)(C)C. The van der Waals surface area contributed by atoms with Crippen molar-refractivity contribution in [3.63, 3.8) is 0 Å². The van der Waals surface area contributed by atoms with Gasteiger partial charge in [0, 0.05) is 6.61 Å². The lowest BCUT2D eigenvalue weighted by Gasteiger charge is -2.36. The minimum absolute atomic E-state index is 0.326. The van der Waals surface area contributed by atoms with Gasteiger partial charge in [0.05, 0.1) is 0 Å². The summed E-state index contributed by atoms with van der Waals surface area (Å²) >= 11 is 0. The first-order valence-electron chi connectivity index (χ1n) is 9.60. The van der Waals surface area contributed by atoms with Crippen LogP contribution < -0.4 is 0 Å². The third kappa shape index (κ3) is 12.5. The van der Waals surface area contributed by atoms with Crippen LogP contribution in [0.1, 0.15) is 66.2 Å². The molecule has 0 amide bonds. The summed E-state index contributed by atoms with van der Waals surface area (Å²) in [5.74, 6) is 0. The molecule has 0 heterocycles. The van der Waals surface area contributed by atoms with Crippen molar-refractivity contribution in [1.29, 1.82) is 0 Å². The van der Waals surface area contributed by atoms with E-state index in [2.05, 4.69) is 89.4 Å². The molecule has 0 bridgehead atoms. The van der Waals surface area contributed by atoms with Crippen LogP contribution in [0.3, 0.4) is 0 Å². The summed E-state index contributed by atoms with van der Waals surface area (Å²) in [5.41, 5.74) is 0. The van der Waals surface area contributed by atoms with Crippen LogP contribution in [-0.4, -0.2) is 14.9 Å². The van der Waals surface area contributed by atoms with Crippen molar-refractivity contribution < 1.29 is 4.43 Å². The smallest absolute Gasteiger partial charge is 0.191 e. The molecule has 0 aromatic rings. The molecule has 0 rings (SSSR count). The topological polar surface area (TPSA) is 9.23 Å². The lowest BCUT2D eigenvalue weighted by atomic mass is 10.1. The van der Waals surface area contributed by atoms with E-state index in [9.17, 15) is 0 Å². The van der Waals surface area contributed by atoms with Gasteiger partial charge in [0.2, 0.25) is 0 Å². The molecule has 0 atom stereocenters. The average molecular weight is 349 g/mol. The van der Waals surface area contributed by atoms with Crippen LogP contribution in [-0.2, 0) is 4.43 Å². The third-order valence-electron chi connectivity index (χ3n) is 4.60. The monoisotopic (exact) mass is 348 g/mol. The summed E-state index contributed by atoms with van der Waals surface area (Å²) < 4.78 is 6.21. The second-order valence-corrected chi connectivity index (χ2v) is 12.7. The Hall–Kier alpha value is -0.863. The quantitative estimate of drug-likeness (QED) is 0.200. The Morgan fingerprint density at radius 1 is 0.750 bits per heavy atom. The van der Waals surface area contributed by atoms with Crippen LogP contribution in [0.5, 0.6) is 0 Å². The summed E-state index contributed by atoms with van der Waals surface area (Å²) in [6.07, 6.45) is 24.3. The van der Waals surface area contributed by atoms with Crippen molar-refractivity contribution in [3.8, 4) is 0 Å². The molecule has 0 aromatic carbocycles. The zero-order chi connectivity index (χ0) is 18.3. The molecule has 138 valence electrons. The highest BCUT2D eigenvalue weighted by Crippen LogP contribution is 2.36. The maximum atomic E-state index is 6.21. The lowest BCUT2D eigenvalue weighted by molar-refractivity contribution is 0.277. The fourth-order valence-corrected chi connectivity index (χ4v) is 3.00. The fraction of sp³-hybridized carbons (Fsp3) is 0.636. The molecule has 0 aliphatic carbocycles. The maximum absolute atomic E-state index is 6.21. The summed E-state index contributed by atoms with van der Waals surface area (Å²) in [6.45, 7) is 14.7. The van der Waals surface area contributed by atoms with Crippen LogP contribution in [0.15, 0.2) is 48.6 Å². The highest BCUT2D eigenvalue weighted by molar-refractivity contribution is 6.74. The zero-order valence-corrected chi connectivity index (χ0v) is 18.0. The first-order chi connectivity index (χ1) is 11.3. The van der Waals surface area contributed by atoms with Crippen LogP contribution in [0.25, 0.3) is 0 Å². The van der Waals surface area contributed by atoms with Gasteiger partial charge in [-0.25, -0.2) is 0 Å². The Bertz CT molecular complexity index is 408. The van der Waals surface area contributed by atoms with E-state index in [-0.39, 0.29) is 0 Å². The van der Waals surface area contributed by atoms with Crippen molar-refractivity contribution >= 4 is 8.32 Å². The molecule has 0 radical (unpaired) electrons. The van der Waals surface area contributed by atoms with Gasteiger partial charge in [-0.2, -0.15) is 0 Å². The van der Waals surface area contributed by atoms with E-state index in [1.807, 2.05) is 0 Å². The summed E-state index contributed by atoms with van der Waals surface area (Å²) in [7, 11) is -1.54. The Kier molecular flexibility index (Phi) is 12.9. The molecule has 0 aliphatic heterocycles. The van der Waals surface area contributed by atoms with E-state index in [0.717, 1.165) is 13.0 Å². The van der Waals surface area contributed by atoms with E-state index >= 15 is 0 Å². The lowest BCUT2D eigenvalue weighted by Crippen LogP contribution is -2.40. The van der Waals surface area contributed by atoms with Gasteiger partial charge in [-0.05, 0) is 43.8 Å². The Balaban J connectivity index is 3.58. The molecule has 0 saturated heterocycles. The van der Waals surface area contributed by atoms with E-state index in [1.165, 1.54) is 32.1 Å². The molecule has 0 aliphatic rings. The van der Waals surface area contributed by atoms with Gasteiger partial charge in [0.1, 0.15) is 0 Å². The Morgan fingerprint density at radius 3 is 1.88 bits per heavy atom. The molecular formula is C22H40OSi. The zero-order valence-electron chi connectivity index (χ0n) is 17.0. The molecular weight excluding hydrogens is 308 g/mol. The minimum Gasteiger partial charge on any atom is -0.417 e. The molecule has 24 heavy (non-hydrogen) atoms. The van der Waals surface area contributed by atoms with Crippen LogP contribution in [0.2, 0.25) is 18.1 Å². The summed E-state index contributed by atoms with van der Waals surface area (Å²) in [4.78, 5) is 0. The molecule has 0 N–H and O–H groups in total. The molecule has 0 spiro atoms. The fourth-order valence-electron chi connectivity index (χ4n) is 1.91. The second-order valence-electron chi connectivity index (χ2n) is 7.85. The molecule has 0 fully saturated rings. The van der Waals surface area contributed by atoms with Gasteiger partial charge < -0.3 is 4.43 Å². The predicted octanol–water partition coefficient (Wildman–Crippen LogP) is 7.59. The molecule has 0 unspecified atom stereocenters. The standard InChI is InChI=1S/C22H40OSi/c1-7-8-9-10-11-12-13-14-15-16-17-18-19-20-21-23-24(5,6)22(2,3)4/h8-15H,7,16-21H2,1-6H3/b9-8-,11-10+,13-12-,15-14+. The van der Waals surface area contributed by atoms with E-state index in [4.69, 9.17) is 4.43 Å². The molecule has 1 nitrogen and oxygen atoms in total. The first-order valence-corrected chi connectivity index (χ1v) is 12.5. The molecule has 0 saturated carbocycles. The van der Waals surface area contributed by atoms with E-state index < -0.39 is 8.32 Å². The van der Waals surface area contributed by atoms with Crippen LogP contribution >= 0.6 is 0 Å². The van der Waals surface area contributed by atoms with Crippen molar-refractivity contribution in [2.45, 2.75) is 84.4 Å². The normalized spacial score (nSPS) is 14.1. The van der Waals surface area contributed by atoms with Gasteiger partial charge in [-0.1, -0.05) is 89.1 Å².